The molecule has 3 aromatic rings. The maximum Gasteiger partial charge on any atom is 0.127 e. The number of hydrogen-bond donors (Lipinski definition) is 2. The molecule has 0 spiro atoms. The van der Waals surface area contributed by atoms with Crippen molar-refractivity contribution in [2.75, 3.05) is 19.7 Å². The van der Waals surface area contributed by atoms with Crippen LogP contribution >= 0.6 is 11.3 Å². The molecule has 0 saturated carbocycles. The van der Waals surface area contributed by atoms with Gasteiger partial charge in [0, 0.05) is 35.1 Å². The summed E-state index contributed by atoms with van der Waals surface area (Å²) in [5, 5.41) is 15.1. The van der Waals surface area contributed by atoms with Crippen LogP contribution in [0.5, 0.6) is 5.75 Å². The van der Waals surface area contributed by atoms with Crippen molar-refractivity contribution in [3.8, 4) is 5.75 Å². The van der Waals surface area contributed by atoms with Crippen LogP contribution in [0, 0.1) is 5.41 Å². The van der Waals surface area contributed by atoms with Gasteiger partial charge in [-0.25, -0.2) is 0 Å². The number of ether oxygens (including phenoxy) is 1. The maximum absolute atomic E-state index is 7.49. The summed E-state index contributed by atoms with van der Waals surface area (Å²) in [6, 6.07) is 16.2. The normalized spacial score (nSPS) is 10.8. The van der Waals surface area contributed by atoms with Gasteiger partial charge in [-0.05, 0) is 35.4 Å². The third-order valence-electron chi connectivity index (χ3n) is 3.74. The Morgan fingerprint density at radius 2 is 1.87 bits per heavy atom. The molecule has 2 N–H and O–H groups in total. The number of thiophene rings is 1. The molecule has 0 aliphatic heterocycles. The largest absolute Gasteiger partial charge is 0.492 e. The van der Waals surface area contributed by atoms with Gasteiger partial charge in [0.2, 0.25) is 0 Å². The Balaban J connectivity index is 1.52. The van der Waals surface area contributed by atoms with Gasteiger partial charge in [0.05, 0.1) is 0 Å². The van der Waals surface area contributed by atoms with E-state index >= 15 is 0 Å². The Morgan fingerprint density at radius 3 is 2.65 bits per heavy atom. The zero-order chi connectivity index (χ0) is 15.9. The SMILES string of the molecule is N=Cc1ccc(OCCNCCc2cccs2)c2ccccc12. The second-order valence-electron chi connectivity index (χ2n) is 5.27. The van der Waals surface area contributed by atoms with Gasteiger partial charge in [0.1, 0.15) is 12.4 Å². The quantitative estimate of drug-likeness (QED) is 0.484. The summed E-state index contributed by atoms with van der Waals surface area (Å²) in [7, 11) is 0. The van der Waals surface area contributed by atoms with Crippen molar-refractivity contribution in [1.82, 2.24) is 5.32 Å². The number of nitrogens with one attached hydrogen (secondary N) is 2. The highest BCUT2D eigenvalue weighted by atomic mass is 32.1. The van der Waals surface area contributed by atoms with Gasteiger partial charge in [-0.2, -0.15) is 0 Å². The van der Waals surface area contributed by atoms with Crippen LogP contribution in [-0.4, -0.2) is 25.9 Å². The van der Waals surface area contributed by atoms with Crippen LogP contribution in [0.4, 0.5) is 0 Å². The lowest BCUT2D eigenvalue weighted by molar-refractivity contribution is 0.318. The first-order valence-corrected chi connectivity index (χ1v) is 8.64. The minimum atomic E-state index is 0.637. The Hall–Kier alpha value is -2.17. The first-order valence-electron chi connectivity index (χ1n) is 7.76. The number of benzene rings is 2. The van der Waals surface area contributed by atoms with Crippen LogP contribution in [0.1, 0.15) is 10.4 Å². The number of rotatable bonds is 8. The van der Waals surface area contributed by atoms with Crippen molar-refractivity contribution in [3.63, 3.8) is 0 Å². The van der Waals surface area contributed by atoms with E-state index in [1.54, 1.807) is 11.3 Å². The van der Waals surface area contributed by atoms with E-state index in [4.69, 9.17) is 10.1 Å². The van der Waals surface area contributed by atoms with Gasteiger partial charge in [-0.3, -0.25) is 0 Å². The Kier molecular flexibility index (Phi) is 5.40. The van der Waals surface area contributed by atoms with Gasteiger partial charge >= 0.3 is 0 Å². The third-order valence-corrected chi connectivity index (χ3v) is 4.67. The summed E-state index contributed by atoms with van der Waals surface area (Å²) in [5.74, 6) is 0.881. The second kappa shape index (κ2) is 7.90. The Bertz CT molecular complexity index is 768. The summed E-state index contributed by atoms with van der Waals surface area (Å²) in [5.41, 5.74) is 0.919. The summed E-state index contributed by atoms with van der Waals surface area (Å²) < 4.78 is 5.92. The highest BCUT2D eigenvalue weighted by molar-refractivity contribution is 7.09. The summed E-state index contributed by atoms with van der Waals surface area (Å²) >= 11 is 1.80. The van der Waals surface area contributed by atoms with Gasteiger partial charge in [-0.1, -0.05) is 30.3 Å². The van der Waals surface area contributed by atoms with E-state index in [-0.39, 0.29) is 0 Å². The fourth-order valence-corrected chi connectivity index (χ4v) is 3.28. The highest BCUT2D eigenvalue weighted by Crippen LogP contribution is 2.27. The fourth-order valence-electron chi connectivity index (χ4n) is 2.57. The molecule has 0 aliphatic rings. The van der Waals surface area contributed by atoms with Crippen molar-refractivity contribution in [3.05, 3.63) is 64.4 Å². The first kappa shape index (κ1) is 15.7. The lowest BCUT2D eigenvalue weighted by Crippen LogP contribution is -2.23. The van der Waals surface area contributed by atoms with E-state index in [2.05, 4.69) is 22.8 Å². The second-order valence-corrected chi connectivity index (χ2v) is 6.30. The molecule has 0 bridgehead atoms. The van der Waals surface area contributed by atoms with E-state index in [0.717, 1.165) is 41.6 Å². The molecule has 3 rings (SSSR count). The third kappa shape index (κ3) is 3.97. The van der Waals surface area contributed by atoms with E-state index in [1.165, 1.54) is 11.1 Å². The Labute approximate surface area is 140 Å². The molecule has 2 aromatic carbocycles. The average Bonchev–Trinajstić information content (AvgIpc) is 3.11. The highest BCUT2D eigenvalue weighted by Gasteiger charge is 2.05. The summed E-state index contributed by atoms with van der Waals surface area (Å²) in [4.78, 5) is 1.41. The van der Waals surface area contributed by atoms with Gasteiger partial charge in [-0.15, -0.1) is 11.3 Å². The molecule has 0 atom stereocenters. The molecule has 23 heavy (non-hydrogen) atoms. The average molecular weight is 324 g/mol. The summed E-state index contributed by atoms with van der Waals surface area (Å²) in [6.07, 6.45) is 2.45. The molecule has 0 aliphatic carbocycles. The molecule has 1 aromatic heterocycles. The van der Waals surface area contributed by atoms with Crippen molar-refractivity contribution < 1.29 is 4.74 Å². The van der Waals surface area contributed by atoms with Crippen LogP contribution in [0.25, 0.3) is 10.8 Å². The van der Waals surface area contributed by atoms with Crippen LogP contribution in [0.2, 0.25) is 0 Å². The van der Waals surface area contributed by atoms with Crippen molar-refractivity contribution in [1.29, 1.82) is 5.41 Å². The van der Waals surface area contributed by atoms with Crippen LogP contribution in [-0.2, 0) is 6.42 Å². The smallest absolute Gasteiger partial charge is 0.127 e. The first-order chi connectivity index (χ1) is 11.4. The molecule has 0 amide bonds. The molecule has 118 valence electrons. The minimum Gasteiger partial charge on any atom is -0.492 e. The lowest BCUT2D eigenvalue weighted by Gasteiger charge is -2.11. The van der Waals surface area contributed by atoms with Crippen LogP contribution in [0.3, 0.4) is 0 Å². The molecular formula is C19H20N2OS. The van der Waals surface area contributed by atoms with E-state index < -0.39 is 0 Å². The van der Waals surface area contributed by atoms with Crippen molar-refractivity contribution >= 4 is 28.3 Å². The predicted molar refractivity (Wildman–Crippen MR) is 98.2 cm³/mol. The zero-order valence-electron chi connectivity index (χ0n) is 12.9. The van der Waals surface area contributed by atoms with Gasteiger partial charge < -0.3 is 15.5 Å². The van der Waals surface area contributed by atoms with E-state index in [0.29, 0.717) is 6.61 Å². The molecule has 0 unspecified atom stereocenters. The fraction of sp³-hybridized carbons (Fsp3) is 0.211. The molecule has 0 radical (unpaired) electrons. The molecule has 0 saturated heterocycles. The van der Waals surface area contributed by atoms with Crippen LogP contribution in [0.15, 0.2) is 53.9 Å². The maximum atomic E-state index is 7.49. The lowest BCUT2D eigenvalue weighted by atomic mass is 10.0. The molecule has 0 fully saturated rings. The standard InChI is InChI=1S/C19H20N2OS/c20-14-15-7-8-19(18-6-2-1-5-17(15)18)22-12-11-21-10-9-16-4-3-13-23-16/h1-8,13-14,20-21H,9-12H2. The van der Waals surface area contributed by atoms with E-state index in [9.17, 15) is 0 Å². The topological polar surface area (TPSA) is 45.1 Å². The van der Waals surface area contributed by atoms with Gasteiger partial charge in [0.25, 0.3) is 0 Å². The molecule has 4 heteroatoms. The minimum absolute atomic E-state index is 0.637. The van der Waals surface area contributed by atoms with Crippen molar-refractivity contribution in [2.24, 2.45) is 0 Å². The molecular weight excluding hydrogens is 304 g/mol. The number of hydrogen-bond acceptors (Lipinski definition) is 4. The van der Waals surface area contributed by atoms with Crippen molar-refractivity contribution in [2.45, 2.75) is 6.42 Å². The Morgan fingerprint density at radius 1 is 1.00 bits per heavy atom. The predicted octanol–water partition coefficient (Wildman–Crippen LogP) is 4.11. The number of fused-ring (bicyclic) bond motifs is 1. The van der Waals surface area contributed by atoms with Crippen LogP contribution < -0.4 is 10.1 Å². The zero-order valence-corrected chi connectivity index (χ0v) is 13.7. The monoisotopic (exact) mass is 324 g/mol. The molecule has 3 nitrogen and oxygen atoms in total. The summed E-state index contributed by atoms with van der Waals surface area (Å²) in [6.45, 7) is 2.43. The van der Waals surface area contributed by atoms with E-state index in [1.807, 2.05) is 36.4 Å². The molecule has 1 heterocycles. The van der Waals surface area contributed by atoms with Gasteiger partial charge in [0.15, 0.2) is 0 Å².